The van der Waals surface area contributed by atoms with Crippen LogP contribution in [-0.2, 0) is 13.1 Å². The maximum atomic E-state index is 9.59. The Hall–Kier alpha value is -1.36. The monoisotopic (exact) mass is 276 g/mol. The molecule has 0 amide bonds. The molecular weight excluding hydrogens is 252 g/mol. The summed E-state index contributed by atoms with van der Waals surface area (Å²) >= 11 is 0. The van der Waals surface area contributed by atoms with Gasteiger partial charge in [0.25, 0.3) is 0 Å². The lowest BCUT2D eigenvalue weighted by molar-refractivity contribution is 0.0822. The fourth-order valence-corrected chi connectivity index (χ4v) is 2.25. The minimum absolute atomic E-state index is 0.0812. The van der Waals surface area contributed by atoms with Crippen LogP contribution in [0.4, 0.5) is 0 Å². The Kier molecular flexibility index (Phi) is 4.48. The number of rotatable bonds is 5. The van der Waals surface area contributed by atoms with Crippen LogP contribution in [-0.4, -0.2) is 33.0 Å². The van der Waals surface area contributed by atoms with E-state index in [1.54, 1.807) is 0 Å². The van der Waals surface area contributed by atoms with Crippen LogP contribution in [0, 0.1) is 0 Å². The number of hydrogen-bond acceptors (Lipinski definition) is 3. The third kappa shape index (κ3) is 3.60. The zero-order valence-electron chi connectivity index (χ0n) is 12.4. The minimum Gasteiger partial charge on any atom is -0.394 e. The van der Waals surface area contributed by atoms with Gasteiger partial charge in [0.15, 0.2) is 0 Å². The van der Waals surface area contributed by atoms with Crippen LogP contribution in [0.25, 0.3) is 10.9 Å². The van der Waals surface area contributed by atoms with Gasteiger partial charge in [-0.3, -0.25) is 0 Å². The van der Waals surface area contributed by atoms with Crippen molar-refractivity contribution in [3.8, 4) is 0 Å². The van der Waals surface area contributed by atoms with E-state index in [-0.39, 0.29) is 12.1 Å². The predicted molar refractivity (Wildman–Crippen MR) is 81.6 cm³/mol. The van der Waals surface area contributed by atoms with E-state index >= 15 is 0 Å². The summed E-state index contributed by atoms with van der Waals surface area (Å²) in [7, 11) is 0. The number of aliphatic hydroxyl groups is 2. The van der Waals surface area contributed by atoms with E-state index < -0.39 is 6.10 Å². The average molecular weight is 276 g/mol. The summed E-state index contributed by atoms with van der Waals surface area (Å²) in [6, 6.07) is 8.26. The average Bonchev–Trinajstić information content (AvgIpc) is 2.79. The molecule has 3 N–H and O–H groups in total. The first kappa shape index (κ1) is 15.0. The lowest BCUT2D eigenvalue weighted by atomic mass is 10.1. The Morgan fingerprint density at radius 3 is 2.65 bits per heavy atom. The Morgan fingerprint density at radius 1 is 1.25 bits per heavy atom. The second-order valence-corrected chi connectivity index (χ2v) is 6.26. The van der Waals surface area contributed by atoms with Gasteiger partial charge in [0.05, 0.1) is 19.3 Å². The first-order valence-electron chi connectivity index (χ1n) is 7.01. The highest BCUT2D eigenvalue weighted by molar-refractivity contribution is 5.83. The summed E-state index contributed by atoms with van der Waals surface area (Å²) in [4.78, 5) is 0. The maximum absolute atomic E-state index is 9.59. The number of benzene rings is 1. The first-order chi connectivity index (χ1) is 9.40. The lowest BCUT2D eigenvalue weighted by Crippen LogP contribution is -2.35. The van der Waals surface area contributed by atoms with E-state index in [2.05, 4.69) is 38.2 Å². The highest BCUT2D eigenvalue weighted by Crippen LogP contribution is 2.21. The van der Waals surface area contributed by atoms with Crippen LogP contribution >= 0.6 is 0 Å². The van der Waals surface area contributed by atoms with E-state index in [1.165, 1.54) is 10.9 Å². The Labute approximate surface area is 120 Å². The van der Waals surface area contributed by atoms with Crippen LogP contribution in [0.3, 0.4) is 0 Å². The van der Waals surface area contributed by atoms with Crippen molar-refractivity contribution in [1.29, 1.82) is 0 Å². The van der Waals surface area contributed by atoms with Crippen molar-refractivity contribution in [2.75, 3.05) is 6.61 Å². The largest absolute Gasteiger partial charge is 0.394 e. The van der Waals surface area contributed by atoms with Crippen molar-refractivity contribution in [2.24, 2.45) is 0 Å². The summed E-state index contributed by atoms with van der Waals surface area (Å²) in [6.07, 6.45) is 1.24. The molecule has 2 rings (SSSR count). The van der Waals surface area contributed by atoms with Crippen LogP contribution < -0.4 is 5.32 Å². The van der Waals surface area contributed by atoms with Crippen LogP contribution in [0.2, 0.25) is 0 Å². The summed E-state index contributed by atoms with van der Waals surface area (Å²) < 4.78 is 1.98. The molecule has 1 atom stereocenters. The molecule has 4 nitrogen and oxygen atoms in total. The molecule has 0 aliphatic rings. The minimum atomic E-state index is -0.720. The zero-order valence-corrected chi connectivity index (χ0v) is 12.4. The Balaban J connectivity index is 2.25. The molecule has 0 saturated heterocycles. The number of nitrogens with zero attached hydrogens (tertiary/aromatic N) is 1. The third-order valence-electron chi connectivity index (χ3n) is 3.33. The van der Waals surface area contributed by atoms with Gasteiger partial charge in [-0.05, 0) is 38.5 Å². The second kappa shape index (κ2) is 5.95. The van der Waals surface area contributed by atoms with Gasteiger partial charge in [-0.15, -0.1) is 0 Å². The van der Waals surface area contributed by atoms with E-state index in [0.717, 1.165) is 12.1 Å². The molecular formula is C16H24N2O2. The molecule has 1 aromatic carbocycles. The highest BCUT2D eigenvalue weighted by atomic mass is 16.3. The smallest absolute Gasteiger partial charge is 0.0949 e. The molecule has 2 aromatic rings. The fourth-order valence-electron chi connectivity index (χ4n) is 2.25. The van der Waals surface area contributed by atoms with E-state index in [0.29, 0.717) is 6.54 Å². The van der Waals surface area contributed by atoms with E-state index in [9.17, 15) is 5.11 Å². The molecule has 20 heavy (non-hydrogen) atoms. The maximum Gasteiger partial charge on any atom is 0.0949 e. The molecule has 0 saturated carbocycles. The summed E-state index contributed by atoms with van der Waals surface area (Å²) in [5.41, 5.74) is 2.41. The van der Waals surface area contributed by atoms with Crippen molar-refractivity contribution in [3.05, 3.63) is 36.0 Å². The van der Waals surface area contributed by atoms with Gasteiger partial charge in [-0.1, -0.05) is 12.1 Å². The molecule has 0 aliphatic carbocycles. The van der Waals surface area contributed by atoms with Crippen molar-refractivity contribution in [3.63, 3.8) is 0 Å². The number of aliphatic hydroxyl groups excluding tert-OH is 2. The van der Waals surface area contributed by atoms with Crippen molar-refractivity contribution >= 4 is 10.9 Å². The zero-order chi connectivity index (χ0) is 14.8. The van der Waals surface area contributed by atoms with Crippen LogP contribution in [0.5, 0.6) is 0 Å². The number of hydrogen-bond donors (Lipinski definition) is 3. The van der Waals surface area contributed by atoms with Crippen molar-refractivity contribution in [1.82, 2.24) is 9.88 Å². The summed E-state index contributed by atoms with van der Waals surface area (Å²) in [6.45, 7) is 7.45. The topological polar surface area (TPSA) is 57.4 Å². The third-order valence-corrected chi connectivity index (χ3v) is 3.33. The van der Waals surface area contributed by atoms with Crippen molar-refractivity contribution in [2.45, 2.75) is 45.5 Å². The standard InChI is InChI=1S/C16H24N2O2/c1-16(2,3)17-9-12-5-4-6-15-14(12)7-8-18(15)10-13(20)11-19/h4-8,13,17,19-20H,9-11H2,1-3H3. The molecule has 0 spiro atoms. The first-order valence-corrected chi connectivity index (χ1v) is 7.01. The number of fused-ring (bicyclic) bond motifs is 1. The van der Waals surface area contributed by atoms with E-state index in [1.807, 2.05) is 22.9 Å². The van der Waals surface area contributed by atoms with Gasteiger partial charge in [0, 0.05) is 29.2 Å². The number of aromatic nitrogens is 1. The molecule has 0 radical (unpaired) electrons. The quantitative estimate of drug-likeness (QED) is 0.781. The van der Waals surface area contributed by atoms with Gasteiger partial charge in [0.2, 0.25) is 0 Å². The predicted octanol–water partition coefficient (Wildman–Crippen LogP) is 1.88. The molecule has 0 aliphatic heterocycles. The van der Waals surface area contributed by atoms with Crippen LogP contribution in [0.15, 0.2) is 30.5 Å². The molecule has 4 heteroatoms. The van der Waals surface area contributed by atoms with Crippen molar-refractivity contribution < 1.29 is 10.2 Å². The summed E-state index contributed by atoms with van der Waals surface area (Å²) in [5, 5.41) is 23.2. The molecule has 0 fully saturated rings. The Morgan fingerprint density at radius 2 is 2.00 bits per heavy atom. The van der Waals surface area contributed by atoms with Gasteiger partial charge in [-0.2, -0.15) is 0 Å². The molecule has 1 heterocycles. The van der Waals surface area contributed by atoms with Gasteiger partial charge in [-0.25, -0.2) is 0 Å². The normalized spacial score (nSPS) is 13.8. The molecule has 1 unspecified atom stereocenters. The molecule has 110 valence electrons. The molecule has 1 aromatic heterocycles. The van der Waals surface area contributed by atoms with E-state index in [4.69, 9.17) is 5.11 Å². The van der Waals surface area contributed by atoms with Gasteiger partial charge in [0.1, 0.15) is 0 Å². The van der Waals surface area contributed by atoms with Gasteiger partial charge >= 0.3 is 0 Å². The SMILES string of the molecule is CC(C)(C)NCc1cccc2c1ccn2CC(O)CO. The summed E-state index contributed by atoms with van der Waals surface area (Å²) in [5.74, 6) is 0. The second-order valence-electron chi connectivity index (χ2n) is 6.26. The number of nitrogens with one attached hydrogen (secondary N) is 1. The lowest BCUT2D eigenvalue weighted by Gasteiger charge is -2.21. The Bertz CT molecular complexity index is 569. The van der Waals surface area contributed by atoms with Crippen LogP contribution in [0.1, 0.15) is 26.3 Å². The van der Waals surface area contributed by atoms with Gasteiger partial charge < -0.3 is 20.1 Å². The molecule has 0 bridgehead atoms. The highest BCUT2D eigenvalue weighted by Gasteiger charge is 2.12. The fraction of sp³-hybridized carbons (Fsp3) is 0.500.